The number of aliphatic hydroxyl groups excluding tert-OH is 1. The van der Waals surface area contributed by atoms with E-state index < -0.39 is 9.84 Å². The summed E-state index contributed by atoms with van der Waals surface area (Å²) in [6, 6.07) is 14.0. The zero-order valence-electron chi connectivity index (χ0n) is 15.8. The summed E-state index contributed by atoms with van der Waals surface area (Å²) in [6.07, 6.45) is 3.35. The Morgan fingerprint density at radius 3 is 2.69 bits per heavy atom. The molecule has 2 aromatic carbocycles. The van der Waals surface area contributed by atoms with Gasteiger partial charge < -0.3 is 10.0 Å². The SMILES string of the molecule is CS(=O)(=O)c1cccc(C(=O)c2cnc(N3Cc4ccccc4CC3CO)s2)c1. The lowest BCUT2D eigenvalue weighted by Crippen LogP contribution is -2.42. The van der Waals surface area contributed by atoms with E-state index in [1.807, 2.05) is 17.0 Å². The van der Waals surface area contributed by atoms with Crippen LogP contribution in [0.15, 0.2) is 59.6 Å². The van der Waals surface area contributed by atoms with Crippen LogP contribution in [0.3, 0.4) is 0 Å². The Kier molecular flexibility index (Phi) is 5.24. The predicted octanol–water partition coefficient (Wildman–Crippen LogP) is 2.70. The Labute approximate surface area is 173 Å². The molecule has 0 bridgehead atoms. The van der Waals surface area contributed by atoms with E-state index in [2.05, 4.69) is 17.1 Å². The second kappa shape index (κ2) is 7.70. The van der Waals surface area contributed by atoms with Crippen LogP contribution >= 0.6 is 11.3 Å². The molecule has 29 heavy (non-hydrogen) atoms. The molecule has 0 spiro atoms. The van der Waals surface area contributed by atoms with Crippen LogP contribution in [-0.4, -0.2) is 43.2 Å². The van der Waals surface area contributed by atoms with Gasteiger partial charge in [0.25, 0.3) is 0 Å². The van der Waals surface area contributed by atoms with Crippen LogP contribution in [0, 0.1) is 0 Å². The van der Waals surface area contributed by atoms with Crippen LogP contribution in [-0.2, 0) is 22.8 Å². The number of sulfone groups is 1. The largest absolute Gasteiger partial charge is 0.394 e. The summed E-state index contributed by atoms with van der Waals surface area (Å²) in [4.78, 5) is 19.9. The molecule has 1 N–H and O–H groups in total. The molecule has 4 rings (SSSR count). The molecule has 1 unspecified atom stereocenters. The van der Waals surface area contributed by atoms with E-state index in [1.54, 1.807) is 12.1 Å². The molecule has 3 aromatic rings. The average Bonchev–Trinajstić information content (AvgIpc) is 3.21. The lowest BCUT2D eigenvalue weighted by Gasteiger charge is -2.35. The van der Waals surface area contributed by atoms with Gasteiger partial charge in [-0.05, 0) is 29.7 Å². The third kappa shape index (κ3) is 3.96. The Bertz CT molecular complexity index is 1170. The Morgan fingerprint density at radius 2 is 1.97 bits per heavy atom. The van der Waals surface area contributed by atoms with Crippen molar-refractivity contribution in [1.82, 2.24) is 4.98 Å². The lowest BCUT2D eigenvalue weighted by atomic mass is 9.95. The number of benzene rings is 2. The fourth-order valence-corrected chi connectivity index (χ4v) is 5.10. The Balaban J connectivity index is 1.62. The smallest absolute Gasteiger partial charge is 0.204 e. The standard InChI is InChI=1S/C21H20N2O4S2/c1-29(26,27)18-8-4-7-15(10-18)20(25)19-11-22-21(28-19)23-12-16-6-3-2-5-14(16)9-17(23)13-24/h2-8,10-11,17,24H,9,12-13H2,1H3. The molecular formula is C21H20N2O4S2. The fraction of sp³-hybridized carbons (Fsp3) is 0.238. The maximum Gasteiger partial charge on any atom is 0.204 e. The van der Waals surface area contributed by atoms with Gasteiger partial charge in [-0.2, -0.15) is 0 Å². The number of aliphatic hydroxyl groups is 1. The van der Waals surface area contributed by atoms with Crippen molar-refractivity contribution >= 4 is 32.1 Å². The van der Waals surface area contributed by atoms with Crippen molar-refractivity contribution in [3.63, 3.8) is 0 Å². The van der Waals surface area contributed by atoms with E-state index >= 15 is 0 Å². The first-order valence-electron chi connectivity index (χ1n) is 9.12. The number of anilines is 1. The lowest BCUT2D eigenvalue weighted by molar-refractivity contribution is 0.104. The highest BCUT2D eigenvalue weighted by molar-refractivity contribution is 7.90. The average molecular weight is 429 g/mol. The molecule has 0 saturated carbocycles. The molecule has 1 aliphatic heterocycles. The highest BCUT2D eigenvalue weighted by Gasteiger charge is 2.28. The first kappa shape index (κ1) is 19.8. The molecule has 0 saturated heterocycles. The molecule has 1 atom stereocenters. The van der Waals surface area contributed by atoms with Crippen molar-refractivity contribution < 1.29 is 18.3 Å². The van der Waals surface area contributed by atoms with Crippen molar-refractivity contribution in [1.29, 1.82) is 0 Å². The van der Waals surface area contributed by atoms with Gasteiger partial charge in [0.15, 0.2) is 15.0 Å². The van der Waals surface area contributed by atoms with Crippen molar-refractivity contribution in [2.45, 2.75) is 23.9 Å². The van der Waals surface area contributed by atoms with E-state index in [1.165, 1.54) is 40.8 Å². The van der Waals surface area contributed by atoms with Crippen LogP contribution < -0.4 is 4.90 Å². The van der Waals surface area contributed by atoms with Crippen LogP contribution in [0.2, 0.25) is 0 Å². The van der Waals surface area contributed by atoms with Crippen molar-refractivity contribution in [3.8, 4) is 0 Å². The van der Waals surface area contributed by atoms with Crippen LogP contribution in [0.25, 0.3) is 0 Å². The van der Waals surface area contributed by atoms with Gasteiger partial charge in [-0.15, -0.1) is 0 Å². The quantitative estimate of drug-likeness (QED) is 0.629. The Hall–Kier alpha value is -2.55. The van der Waals surface area contributed by atoms with Crippen molar-refractivity contribution in [2.24, 2.45) is 0 Å². The molecule has 8 heteroatoms. The molecule has 150 valence electrons. The zero-order valence-corrected chi connectivity index (χ0v) is 17.4. The molecule has 0 amide bonds. The molecule has 0 radical (unpaired) electrons. The summed E-state index contributed by atoms with van der Waals surface area (Å²) in [5.41, 5.74) is 2.71. The number of carbonyl (C=O) groups is 1. The third-order valence-corrected chi connectivity index (χ3v) is 7.20. The van der Waals surface area contributed by atoms with Gasteiger partial charge in [0.05, 0.1) is 28.6 Å². The second-order valence-electron chi connectivity index (χ2n) is 7.07. The maximum absolute atomic E-state index is 12.9. The van der Waals surface area contributed by atoms with Crippen LogP contribution in [0.1, 0.15) is 26.4 Å². The van der Waals surface area contributed by atoms with E-state index in [-0.39, 0.29) is 23.3 Å². The minimum Gasteiger partial charge on any atom is -0.394 e. The van der Waals surface area contributed by atoms with Gasteiger partial charge in [-0.1, -0.05) is 47.7 Å². The van der Waals surface area contributed by atoms with Gasteiger partial charge in [0, 0.05) is 18.4 Å². The van der Waals surface area contributed by atoms with Gasteiger partial charge in [-0.25, -0.2) is 13.4 Å². The highest BCUT2D eigenvalue weighted by Crippen LogP contribution is 2.32. The molecule has 0 fully saturated rings. The normalized spacial score (nSPS) is 16.5. The van der Waals surface area contributed by atoms with Crippen LogP contribution in [0.4, 0.5) is 5.13 Å². The number of rotatable bonds is 5. The number of hydrogen-bond donors (Lipinski definition) is 1. The number of nitrogens with zero attached hydrogens (tertiary/aromatic N) is 2. The summed E-state index contributed by atoms with van der Waals surface area (Å²) in [6.45, 7) is 0.611. The van der Waals surface area contributed by atoms with E-state index in [4.69, 9.17) is 0 Å². The number of ketones is 1. The van der Waals surface area contributed by atoms with Crippen molar-refractivity contribution in [2.75, 3.05) is 17.8 Å². The number of thiazole rings is 1. The van der Waals surface area contributed by atoms with Crippen molar-refractivity contribution in [3.05, 3.63) is 76.3 Å². The summed E-state index contributed by atoms with van der Waals surface area (Å²) >= 11 is 1.25. The molecule has 2 heterocycles. The highest BCUT2D eigenvalue weighted by atomic mass is 32.2. The number of aromatic nitrogens is 1. The number of hydrogen-bond acceptors (Lipinski definition) is 7. The zero-order chi connectivity index (χ0) is 20.6. The first-order valence-corrected chi connectivity index (χ1v) is 11.8. The summed E-state index contributed by atoms with van der Waals surface area (Å²) in [7, 11) is -3.39. The van der Waals surface area contributed by atoms with Gasteiger partial charge in [0.2, 0.25) is 5.78 Å². The molecule has 1 aliphatic rings. The number of carbonyl (C=O) groups excluding carboxylic acids is 1. The Morgan fingerprint density at radius 1 is 1.21 bits per heavy atom. The van der Waals surface area contributed by atoms with Gasteiger partial charge in [-0.3, -0.25) is 4.79 Å². The first-order chi connectivity index (χ1) is 13.9. The maximum atomic E-state index is 12.9. The van der Waals surface area contributed by atoms with E-state index in [0.717, 1.165) is 6.26 Å². The van der Waals surface area contributed by atoms with Gasteiger partial charge >= 0.3 is 0 Å². The summed E-state index contributed by atoms with van der Waals surface area (Å²) < 4.78 is 23.5. The molecular weight excluding hydrogens is 408 g/mol. The monoisotopic (exact) mass is 428 g/mol. The molecule has 0 aliphatic carbocycles. The summed E-state index contributed by atoms with van der Waals surface area (Å²) in [5, 5.41) is 10.5. The van der Waals surface area contributed by atoms with Crippen LogP contribution in [0.5, 0.6) is 0 Å². The number of fused-ring (bicyclic) bond motifs is 1. The topological polar surface area (TPSA) is 87.6 Å². The van der Waals surface area contributed by atoms with E-state index in [0.29, 0.717) is 28.5 Å². The summed E-state index contributed by atoms with van der Waals surface area (Å²) in [5.74, 6) is -0.266. The molecule has 1 aromatic heterocycles. The minimum absolute atomic E-state index is 0.00635. The predicted molar refractivity (Wildman–Crippen MR) is 112 cm³/mol. The third-order valence-electron chi connectivity index (χ3n) is 5.05. The van der Waals surface area contributed by atoms with Gasteiger partial charge in [0.1, 0.15) is 0 Å². The fourth-order valence-electron chi connectivity index (χ4n) is 3.49. The minimum atomic E-state index is -3.39. The molecule has 6 nitrogen and oxygen atoms in total. The van der Waals surface area contributed by atoms with E-state index in [9.17, 15) is 18.3 Å². The second-order valence-corrected chi connectivity index (χ2v) is 10.1.